The van der Waals surface area contributed by atoms with Gasteiger partial charge in [0.25, 0.3) is 5.91 Å². The number of carbonyl (C=O) groups is 1. The van der Waals surface area contributed by atoms with Crippen LogP contribution in [-0.4, -0.2) is 28.1 Å². The second kappa shape index (κ2) is 4.61. The number of hydrogen-bond donors (Lipinski definition) is 2. The highest BCUT2D eigenvalue weighted by Crippen LogP contribution is 2.31. The van der Waals surface area contributed by atoms with Crippen molar-refractivity contribution in [2.45, 2.75) is 25.6 Å². The minimum atomic E-state index is -4.54. The topological polar surface area (TPSA) is 62.2 Å². The van der Waals surface area contributed by atoms with Crippen LogP contribution in [0.25, 0.3) is 0 Å². The summed E-state index contributed by atoms with van der Waals surface area (Å²) in [5, 5.41) is 11.6. The summed E-state index contributed by atoms with van der Waals surface area (Å²) in [7, 11) is 0. The summed E-state index contributed by atoms with van der Waals surface area (Å²) in [4.78, 5) is 14.6. The van der Waals surface area contributed by atoms with E-state index in [9.17, 15) is 23.1 Å². The maximum atomic E-state index is 12.2. The van der Waals surface area contributed by atoms with Crippen LogP contribution in [0.1, 0.15) is 29.3 Å². The molecule has 1 aromatic heterocycles. The summed E-state index contributed by atoms with van der Waals surface area (Å²) in [5.41, 5.74) is -1.43. The Balaban J connectivity index is 2.68. The molecule has 1 heterocycles. The number of thiazole rings is 1. The number of nitrogens with zero attached hydrogens (tertiary/aromatic N) is 1. The highest BCUT2D eigenvalue weighted by atomic mass is 32.1. The molecule has 0 unspecified atom stereocenters. The molecule has 17 heavy (non-hydrogen) atoms. The van der Waals surface area contributed by atoms with Gasteiger partial charge in [-0.1, -0.05) is 0 Å². The lowest BCUT2D eigenvalue weighted by Gasteiger charge is -2.16. The standard InChI is InChI=1S/C9H11F3N2O2S/c1-8(2,16)4-13-6(15)5-3-17-7(14-5)9(10,11)12/h3,16H,4H2,1-2H3,(H,13,15). The Morgan fingerprint density at radius 3 is 2.53 bits per heavy atom. The van der Waals surface area contributed by atoms with E-state index in [0.29, 0.717) is 11.3 Å². The van der Waals surface area contributed by atoms with Crippen molar-refractivity contribution < 1.29 is 23.1 Å². The first-order valence-corrected chi connectivity index (χ1v) is 5.51. The average Bonchev–Trinajstić information content (AvgIpc) is 2.60. The van der Waals surface area contributed by atoms with Crippen molar-refractivity contribution in [3.8, 4) is 0 Å². The van der Waals surface area contributed by atoms with Gasteiger partial charge in [0.2, 0.25) is 0 Å². The van der Waals surface area contributed by atoms with Crippen LogP contribution in [0.3, 0.4) is 0 Å². The van der Waals surface area contributed by atoms with Gasteiger partial charge >= 0.3 is 6.18 Å². The van der Waals surface area contributed by atoms with Gasteiger partial charge in [0.1, 0.15) is 5.69 Å². The Labute approximate surface area is 99.5 Å². The SMILES string of the molecule is CC(C)(O)CNC(=O)c1csc(C(F)(F)F)n1. The summed E-state index contributed by atoms with van der Waals surface area (Å²) < 4.78 is 36.6. The Morgan fingerprint density at radius 1 is 1.53 bits per heavy atom. The molecule has 0 aromatic carbocycles. The number of alkyl halides is 3. The fourth-order valence-electron chi connectivity index (χ4n) is 0.895. The van der Waals surface area contributed by atoms with Gasteiger partial charge in [0.15, 0.2) is 5.01 Å². The molecular formula is C9H11F3N2O2S. The molecule has 0 saturated carbocycles. The Kier molecular flexibility index (Phi) is 3.78. The fourth-order valence-corrected chi connectivity index (χ4v) is 1.56. The van der Waals surface area contributed by atoms with Crippen LogP contribution in [0.4, 0.5) is 13.2 Å². The minimum absolute atomic E-state index is 0.0648. The third-order valence-corrected chi connectivity index (χ3v) is 2.55. The van der Waals surface area contributed by atoms with Gasteiger partial charge in [-0.05, 0) is 13.8 Å². The number of rotatable bonds is 3. The third kappa shape index (κ3) is 4.31. The van der Waals surface area contributed by atoms with E-state index in [1.807, 2.05) is 0 Å². The number of carbonyl (C=O) groups excluding carboxylic acids is 1. The Hall–Kier alpha value is -1.15. The molecule has 0 atom stereocenters. The number of hydrogen-bond acceptors (Lipinski definition) is 4. The molecule has 96 valence electrons. The van der Waals surface area contributed by atoms with Gasteiger partial charge in [-0.3, -0.25) is 4.79 Å². The smallest absolute Gasteiger partial charge is 0.389 e. The van der Waals surface area contributed by atoms with E-state index in [-0.39, 0.29) is 12.2 Å². The molecule has 0 fully saturated rings. The maximum absolute atomic E-state index is 12.2. The predicted octanol–water partition coefficient (Wildman–Crippen LogP) is 1.66. The number of amides is 1. The molecule has 0 aliphatic carbocycles. The van der Waals surface area contributed by atoms with Crippen molar-refractivity contribution in [3.63, 3.8) is 0 Å². The van der Waals surface area contributed by atoms with E-state index in [1.54, 1.807) is 0 Å². The second-order valence-electron chi connectivity index (χ2n) is 4.03. The van der Waals surface area contributed by atoms with Crippen molar-refractivity contribution in [1.29, 1.82) is 0 Å². The normalized spacial score (nSPS) is 12.6. The highest BCUT2D eigenvalue weighted by Gasteiger charge is 2.35. The monoisotopic (exact) mass is 268 g/mol. The van der Waals surface area contributed by atoms with Gasteiger partial charge in [-0.2, -0.15) is 13.2 Å². The number of nitrogens with one attached hydrogen (secondary N) is 1. The molecule has 0 aliphatic heterocycles. The van der Waals surface area contributed by atoms with E-state index >= 15 is 0 Å². The van der Waals surface area contributed by atoms with Gasteiger partial charge < -0.3 is 10.4 Å². The van der Waals surface area contributed by atoms with E-state index < -0.39 is 22.7 Å². The van der Waals surface area contributed by atoms with Crippen LogP contribution in [0.2, 0.25) is 0 Å². The quantitative estimate of drug-likeness (QED) is 0.876. The minimum Gasteiger partial charge on any atom is -0.389 e. The first-order chi connectivity index (χ1) is 7.59. The lowest BCUT2D eigenvalue weighted by atomic mass is 10.1. The molecule has 2 N–H and O–H groups in total. The van der Waals surface area contributed by atoms with Crippen LogP contribution < -0.4 is 5.32 Å². The van der Waals surface area contributed by atoms with E-state index in [2.05, 4.69) is 10.3 Å². The van der Waals surface area contributed by atoms with Crippen molar-refractivity contribution in [2.75, 3.05) is 6.54 Å². The zero-order chi connectivity index (χ0) is 13.3. The lowest BCUT2D eigenvalue weighted by molar-refractivity contribution is -0.137. The van der Waals surface area contributed by atoms with Gasteiger partial charge in [0.05, 0.1) is 5.60 Å². The van der Waals surface area contributed by atoms with Crippen molar-refractivity contribution in [3.05, 3.63) is 16.1 Å². The fraction of sp³-hybridized carbons (Fsp3) is 0.556. The summed E-state index contributed by atoms with van der Waals surface area (Å²) in [6, 6.07) is 0. The van der Waals surface area contributed by atoms with Crippen LogP contribution in [0.15, 0.2) is 5.38 Å². The number of halogens is 3. The summed E-state index contributed by atoms with van der Waals surface area (Å²) >= 11 is 0.359. The highest BCUT2D eigenvalue weighted by molar-refractivity contribution is 7.09. The predicted molar refractivity (Wildman–Crippen MR) is 55.7 cm³/mol. The largest absolute Gasteiger partial charge is 0.443 e. The molecule has 0 spiro atoms. The number of aliphatic hydroxyl groups is 1. The zero-order valence-electron chi connectivity index (χ0n) is 9.13. The molecule has 8 heteroatoms. The van der Waals surface area contributed by atoms with E-state index in [0.717, 1.165) is 5.38 Å². The molecule has 0 aliphatic rings. The summed E-state index contributed by atoms with van der Waals surface area (Å²) in [6.07, 6.45) is -4.54. The molecule has 1 aromatic rings. The average molecular weight is 268 g/mol. The van der Waals surface area contributed by atoms with Crippen LogP contribution in [-0.2, 0) is 6.18 Å². The van der Waals surface area contributed by atoms with Gasteiger partial charge in [0, 0.05) is 11.9 Å². The Bertz CT molecular complexity index is 409. The van der Waals surface area contributed by atoms with Crippen LogP contribution in [0.5, 0.6) is 0 Å². The Morgan fingerprint density at radius 2 is 2.12 bits per heavy atom. The maximum Gasteiger partial charge on any atom is 0.443 e. The second-order valence-corrected chi connectivity index (χ2v) is 4.89. The zero-order valence-corrected chi connectivity index (χ0v) is 9.95. The third-order valence-electron chi connectivity index (χ3n) is 1.66. The van der Waals surface area contributed by atoms with Crippen molar-refractivity contribution in [2.24, 2.45) is 0 Å². The van der Waals surface area contributed by atoms with Crippen LogP contribution >= 0.6 is 11.3 Å². The molecule has 0 saturated heterocycles. The molecular weight excluding hydrogens is 257 g/mol. The summed E-state index contributed by atoms with van der Waals surface area (Å²) in [5.74, 6) is -0.737. The number of aromatic nitrogens is 1. The van der Waals surface area contributed by atoms with Crippen LogP contribution in [0, 0.1) is 0 Å². The van der Waals surface area contributed by atoms with Gasteiger partial charge in [-0.25, -0.2) is 4.98 Å². The first-order valence-electron chi connectivity index (χ1n) is 4.63. The van der Waals surface area contributed by atoms with E-state index in [1.165, 1.54) is 13.8 Å². The molecule has 0 radical (unpaired) electrons. The van der Waals surface area contributed by atoms with E-state index in [4.69, 9.17) is 0 Å². The lowest BCUT2D eigenvalue weighted by Crippen LogP contribution is -2.38. The van der Waals surface area contributed by atoms with Crippen molar-refractivity contribution in [1.82, 2.24) is 10.3 Å². The van der Waals surface area contributed by atoms with Gasteiger partial charge in [-0.15, -0.1) is 11.3 Å². The molecule has 1 amide bonds. The first kappa shape index (κ1) is 13.9. The summed E-state index contributed by atoms with van der Waals surface area (Å²) in [6.45, 7) is 2.87. The molecule has 1 rings (SSSR count). The molecule has 0 bridgehead atoms. The molecule has 4 nitrogen and oxygen atoms in total. The van der Waals surface area contributed by atoms with Crippen molar-refractivity contribution >= 4 is 17.2 Å².